The first-order chi connectivity index (χ1) is 9.15. The predicted molar refractivity (Wildman–Crippen MR) is 67.6 cm³/mol. The van der Waals surface area contributed by atoms with Crippen molar-refractivity contribution in [1.82, 2.24) is 20.1 Å². The maximum Gasteiger partial charge on any atom is 0.222 e. The minimum Gasteiger partial charge on any atom is -0.352 e. The van der Waals surface area contributed by atoms with Crippen molar-refractivity contribution < 1.29 is 9.18 Å². The molecule has 1 aromatic heterocycles. The second-order valence-corrected chi connectivity index (χ2v) is 4.27. The zero-order valence-electron chi connectivity index (χ0n) is 10.6. The summed E-state index contributed by atoms with van der Waals surface area (Å²) in [6.45, 7) is 2.51. The molecule has 0 saturated carbocycles. The van der Waals surface area contributed by atoms with Gasteiger partial charge in [0.25, 0.3) is 0 Å². The summed E-state index contributed by atoms with van der Waals surface area (Å²) in [4.78, 5) is 15.4. The van der Waals surface area contributed by atoms with Crippen LogP contribution in [0.15, 0.2) is 30.9 Å². The van der Waals surface area contributed by atoms with Crippen LogP contribution in [0.5, 0.6) is 0 Å². The lowest BCUT2D eigenvalue weighted by atomic mass is 10.1. The molecule has 19 heavy (non-hydrogen) atoms. The molecule has 0 spiro atoms. The largest absolute Gasteiger partial charge is 0.352 e. The van der Waals surface area contributed by atoms with Gasteiger partial charge in [0.1, 0.15) is 18.5 Å². The van der Waals surface area contributed by atoms with Crippen molar-refractivity contribution in [3.05, 3.63) is 47.8 Å². The van der Waals surface area contributed by atoms with Crippen LogP contribution in [-0.2, 0) is 17.9 Å². The Morgan fingerprint density at radius 2 is 2.32 bits per heavy atom. The number of nitrogens with zero attached hydrogens (tertiary/aromatic N) is 3. The Balaban J connectivity index is 1.78. The Morgan fingerprint density at radius 3 is 3.00 bits per heavy atom. The minimum absolute atomic E-state index is 0.100. The molecule has 2 aromatic rings. The van der Waals surface area contributed by atoms with Gasteiger partial charge in [-0.3, -0.25) is 9.48 Å². The van der Waals surface area contributed by atoms with E-state index in [1.165, 1.54) is 12.4 Å². The highest BCUT2D eigenvalue weighted by Crippen LogP contribution is 2.08. The van der Waals surface area contributed by atoms with Crippen LogP contribution in [0.4, 0.5) is 4.39 Å². The fourth-order valence-corrected chi connectivity index (χ4v) is 1.60. The lowest BCUT2D eigenvalue weighted by Crippen LogP contribution is -2.24. The van der Waals surface area contributed by atoms with Gasteiger partial charge in [-0.1, -0.05) is 12.1 Å². The molecule has 0 aliphatic heterocycles. The SMILES string of the molecule is Cc1ccc(CNC(=O)CCn2cncn2)cc1F. The molecule has 100 valence electrons. The average Bonchev–Trinajstić information content (AvgIpc) is 2.91. The highest BCUT2D eigenvalue weighted by Gasteiger charge is 2.04. The van der Waals surface area contributed by atoms with E-state index in [-0.39, 0.29) is 11.7 Å². The van der Waals surface area contributed by atoms with Crippen LogP contribution < -0.4 is 5.32 Å². The number of carbonyl (C=O) groups excluding carboxylic acids is 1. The molecule has 5 nitrogen and oxygen atoms in total. The number of aryl methyl sites for hydroxylation is 2. The van der Waals surface area contributed by atoms with Crippen molar-refractivity contribution in [2.75, 3.05) is 0 Å². The van der Waals surface area contributed by atoms with Crippen molar-refractivity contribution in [3.8, 4) is 0 Å². The standard InChI is InChI=1S/C13H15FN4O/c1-10-2-3-11(6-12(10)14)7-16-13(19)4-5-18-9-15-8-17-18/h2-3,6,8-9H,4-5,7H2,1H3,(H,16,19). The number of amides is 1. The number of nitrogens with one attached hydrogen (secondary N) is 1. The topological polar surface area (TPSA) is 59.8 Å². The first-order valence-corrected chi connectivity index (χ1v) is 5.99. The van der Waals surface area contributed by atoms with Crippen molar-refractivity contribution in [2.24, 2.45) is 0 Å². The van der Waals surface area contributed by atoms with Crippen LogP contribution in [0.3, 0.4) is 0 Å². The second kappa shape index (κ2) is 6.08. The van der Waals surface area contributed by atoms with E-state index in [1.807, 2.05) is 0 Å². The zero-order valence-corrected chi connectivity index (χ0v) is 10.6. The van der Waals surface area contributed by atoms with Crippen LogP contribution in [0.2, 0.25) is 0 Å². The van der Waals surface area contributed by atoms with Gasteiger partial charge in [0, 0.05) is 13.0 Å². The second-order valence-electron chi connectivity index (χ2n) is 4.27. The van der Waals surface area contributed by atoms with Crippen LogP contribution in [0.25, 0.3) is 0 Å². The Morgan fingerprint density at radius 1 is 1.47 bits per heavy atom. The summed E-state index contributed by atoms with van der Waals surface area (Å²) in [6.07, 6.45) is 3.30. The summed E-state index contributed by atoms with van der Waals surface area (Å²) in [7, 11) is 0. The molecule has 0 saturated heterocycles. The molecule has 6 heteroatoms. The van der Waals surface area contributed by atoms with Crippen LogP contribution in [-0.4, -0.2) is 20.7 Å². The Bertz CT molecular complexity index is 554. The number of halogens is 1. The molecule has 0 fully saturated rings. The van der Waals surface area contributed by atoms with Gasteiger partial charge in [-0.05, 0) is 24.1 Å². The third kappa shape index (κ3) is 3.87. The molecule has 0 radical (unpaired) electrons. The maximum absolute atomic E-state index is 13.3. The van der Waals surface area contributed by atoms with E-state index in [0.717, 1.165) is 5.56 Å². The first kappa shape index (κ1) is 13.2. The van der Waals surface area contributed by atoms with E-state index >= 15 is 0 Å². The summed E-state index contributed by atoms with van der Waals surface area (Å²) >= 11 is 0. The van der Waals surface area contributed by atoms with Gasteiger partial charge in [-0.15, -0.1) is 0 Å². The molecular weight excluding hydrogens is 247 g/mol. The molecular formula is C13H15FN4O. The van der Waals surface area contributed by atoms with Crippen molar-refractivity contribution in [3.63, 3.8) is 0 Å². The minimum atomic E-state index is -0.255. The van der Waals surface area contributed by atoms with Gasteiger partial charge in [0.2, 0.25) is 5.91 Å². The van der Waals surface area contributed by atoms with Gasteiger partial charge < -0.3 is 5.32 Å². The molecule has 0 atom stereocenters. The number of benzene rings is 1. The van der Waals surface area contributed by atoms with E-state index in [9.17, 15) is 9.18 Å². The molecule has 1 aromatic carbocycles. The van der Waals surface area contributed by atoms with Crippen molar-refractivity contribution in [2.45, 2.75) is 26.4 Å². The van der Waals surface area contributed by atoms with E-state index in [4.69, 9.17) is 0 Å². The third-order valence-corrected chi connectivity index (χ3v) is 2.76. The van der Waals surface area contributed by atoms with Gasteiger partial charge >= 0.3 is 0 Å². The van der Waals surface area contributed by atoms with Gasteiger partial charge in [-0.2, -0.15) is 5.10 Å². The number of aromatic nitrogens is 3. The molecule has 0 bridgehead atoms. The molecule has 1 N–H and O–H groups in total. The zero-order chi connectivity index (χ0) is 13.7. The monoisotopic (exact) mass is 262 g/mol. The molecule has 0 aliphatic rings. The number of carbonyl (C=O) groups is 1. The van der Waals surface area contributed by atoms with E-state index in [0.29, 0.717) is 25.1 Å². The van der Waals surface area contributed by atoms with E-state index < -0.39 is 0 Å². The maximum atomic E-state index is 13.3. The summed E-state index contributed by atoms with van der Waals surface area (Å²) in [6, 6.07) is 4.94. The van der Waals surface area contributed by atoms with Crippen LogP contribution in [0.1, 0.15) is 17.5 Å². The molecule has 1 heterocycles. The Hall–Kier alpha value is -2.24. The summed E-state index contributed by atoms with van der Waals surface area (Å²) in [5, 5.41) is 6.64. The molecule has 0 unspecified atom stereocenters. The van der Waals surface area contributed by atoms with E-state index in [1.54, 1.807) is 30.1 Å². The van der Waals surface area contributed by atoms with Crippen LogP contribution >= 0.6 is 0 Å². The highest BCUT2D eigenvalue weighted by atomic mass is 19.1. The van der Waals surface area contributed by atoms with Gasteiger partial charge in [0.15, 0.2) is 0 Å². The summed E-state index contributed by atoms with van der Waals surface area (Å²) < 4.78 is 14.9. The average molecular weight is 262 g/mol. The quantitative estimate of drug-likeness (QED) is 0.886. The smallest absolute Gasteiger partial charge is 0.222 e. The Kier molecular flexibility index (Phi) is 4.22. The van der Waals surface area contributed by atoms with Crippen molar-refractivity contribution >= 4 is 5.91 Å². The van der Waals surface area contributed by atoms with Gasteiger partial charge in [0.05, 0.1) is 6.54 Å². The molecule has 1 amide bonds. The van der Waals surface area contributed by atoms with Gasteiger partial charge in [-0.25, -0.2) is 9.37 Å². The normalized spacial score (nSPS) is 10.4. The summed E-state index contributed by atoms with van der Waals surface area (Å²) in [5.74, 6) is -0.356. The van der Waals surface area contributed by atoms with Crippen molar-refractivity contribution in [1.29, 1.82) is 0 Å². The Labute approximate surface area is 110 Å². The number of rotatable bonds is 5. The number of hydrogen-bond donors (Lipinski definition) is 1. The van der Waals surface area contributed by atoms with Crippen LogP contribution in [0, 0.1) is 12.7 Å². The number of hydrogen-bond acceptors (Lipinski definition) is 3. The third-order valence-electron chi connectivity index (χ3n) is 2.76. The fraction of sp³-hybridized carbons (Fsp3) is 0.308. The highest BCUT2D eigenvalue weighted by molar-refractivity contribution is 5.75. The summed E-state index contributed by atoms with van der Waals surface area (Å²) in [5.41, 5.74) is 1.35. The first-order valence-electron chi connectivity index (χ1n) is 5.99. The molecule has 0 aliphatic carbocycles. The van der Waals surface area contributed by atoms with E-state index in [2.05, 4.69) is 15.4 Å². The fourth-order valence-electron chi connectivity index (χ4n) is 1.60. The lowest BCUT2D eigenvalue weighted by Gasteiger charge is -2.06. The predicted octanol–water partition coefficient (Wildman–Crippen LogP) is 1.43. The lowest BCUT2D eigenvalue weighted by molar-refractivity contribution is -0.121. The molecule has 2 rings (SSSR count).